The van der Waals surface area contributed by atoms with Gasteiger partial charge in [0.05, 0.1) is 37.1 Å². The second kappa shape index (κ2) is 10.0. The quantitative estimate of drug-likeness (QED) is 0.276. The van der Waals surface area contributed by atoms with Crippen LogP contribution in [-0.2, 0) is 4.79 Å². The van der Waals surface area contributed by atoms with E-state index in [0.29, 0.717) is 7.14 Å². The van der Waals surface area contributed by atoms with Crippen LogP contribution in [0.1, 0.15) is 20.7 Å². The number of likely N-dealkylation sites (N-methyl/N-ethyl adjacent to an activating group) is 1. The van der Waals surface area contributed by atoms with Crippen LogP contribution in [0, 0.1) is 10.7 Å². The molecule has 24 heavy (non-hydrogen) atoms. The molecule has 0 heterocycles. The van der Waals surface area contributed by atoms with E-state index in [2.05, 4.69) is 16.0 Å². The van der Waals surface area contributed by atoms with Crippen molar-refractivity contribution in [3.63, 3.8) is 0 Å². The van der Waals surface area contributed by atoms with E-state index in [1.807, 2.05) is 45.2 Å². The number of carbonyl (C=O) groups is 3. The number of anilines is 1. The van der Waals surface area contributed by atoms with Gasteiger partial charge in [-0.2, -0.15) is 0 Å². The van der Waals surface area contributed by atoms with Crippen molar-refractivity contribution in [2.24, 2.45) is 0 Å². The molecule has 0 unspecified atom stereocenters. The fourth-order valence-corrected chi connectivity index (χ4v) is 6.15. The highest BCUT2D eigenvalue weighted by Crippen LogP contribution is 2.35. The van der Waals surface area contributed by atoms with Crippen LogP contribution in [-0.4, -0.2) is 54.7 Å². The SMILES string of the molecule is CNCC(=O)Nc1c(I)c(C(=O)O)c(I)c(C(=O)NCCO)c1I. The number of amides is 2. The van der Waals surface area contributed by atoms with Gasteiger partial charge in [-0.15, -0.1) is 0 Å². The lowest BCUT2D eigenvalue weighted by Crippen LogP contribution is -2.30. The molecule has 11 heteroatoms. The Morgan fingerprint density at radius 1 is 1.04 bits per heavy atom. The molecule has 1 rings (SSSR count). The second-order valence-corrected chi connectivity index (χ2v) is 7.67. The molecule has 2 amide bonds. The number of carbonyl (C=O) groups excluding carboxylic acids is 2. The first kappa shape index (κ1) is 21.8. The Balaban J connectivity index is 3.53. The van der Waals surface area contributed by atoms with Crippen molar-refractivity contribution in [2.75, 3.05) is 32.1 Å². The number of hydrogen-bond acceptors (Lipinski definition) is 5. The molecule has 0 radical (unpaired) electrons. The van der Waals surface area contributed by atoms with Gasteiger partial charge in [0.25, 0.3) is 5.91 Å². The van der Waals surface area contributed by atoms with Gasteiger partial charge < -0.3 is 26.2 Å². The Hall–Kier alpha value is -0.260. The van der Waals surface area contributed by atoms with E-state index >= 15 is 0 Å². The third-order valence-corrected chi connectivity index (χ3v) is 5.99. The Morgan fingerprint density at radius 3 is 2.12 bits per heavy atom. The topological polar surface area (TPSA) is 128 Å². The monoisotopic (exact) mass is 673 g/mol. The molecule has 0 atom stereocenters. The molecule has 132 valence electrons. The maximum absolute atomic E-state index is 12.3. The number of carboxylic acid groups (broad SMARTS) is 1. The molecule has 0 bridgehead atoms. The highest BCUT2D eigenvalue weighted by atomic mass is 127. The van der Waals surface area contributed by atoms with E-state index in [1.165, 1.54) is 0 Å². The average Bonchev–Trinajstić information content (AvgIpc) is 2.49. The van der Waals surface area contributed by atoms with Gasteiger partial charge in [-0.1, -0.05) is 0 Å². The maximum Gasteiger partial charge on any atom is 0.337 e. The number of carboxylic acids is 1. The summed E-state index contributed by atoms with van der Waals surface area (Å²) < 4.78 is 1.05. The number of nitrogens with one attached hydrogen (secondary N) is 3. The van der Waals surface area contributed by atoms with E-state index in [-0.39, 0.29) is 46.0 Å². The fourth-order valence-electron chi connectivity index (χ4n) is 1.76. The lowest BCUT2D eigenvalue weighted by atomic mass is 10.1. The lowest BCUT2D eigenvalue weighted by molar-refractivity contribution is -0.115. The molecule has 0 saturated heterocycles. The van der Waals surface area contributed by atoms with Crippen LogP contribution in [0.5, 0.6) is 0 Å². The maximum atomic E-state index is 12.3. The number of aromatic carboxylic acids is 1. The molecule has 0 aliphatic carbocycles. The predicted molar refractivity (Wildman–Crippen MR) is 114 cm³/mol. The van der Waals surface area contributed by atoms with Crippen LogP contribution < -0.4 is 16.0 Å². The Labute approximate surface area is 178 Å². The van der Waals surface area contributed by atoms with Crippen molar-refractivity contribution in [1.82, 2.24) is 10.6 Å². The highest BCUT2D eigenvalue weighted by Gasteiger charge is 2.28. The molecule has 0 saturated carbocycles. The third kappa shape index (κ3) is 5.12. The minimum Gasteiger partial charge on any atom is -0.478 e. The molecular weight excluding hydrogens is 659 g/mol. The van der Waals surface area contributed by atoms with Crippen LogP contribution in [0.3, 0.4) is 0 Å². The summed E-state index contributed by atoms with van der Waals surface area (Å²) in [6.07, 6.45) is 0. The van der Waals surface area contributed by atoms with Gasteiger partial charge in [-0.25, -0.2) is 4.79 Å². The van der Waals surface area contributed by atoms with E-state index in [4.69, 9.17) is 5.11 Å². The highest BCUT2D eigenvalue weighted by molar-refractivity contribution is 14.1. The van der Waals surface area contributed by atoms with Gasteiger partial charge in [0.1, 0.15) is 0 Å². The van der Waals surface area contributed by atoms with Crippen LogP contribution >= 0.6 is 67.8 Å². The molecule has 5 N–H and O–H groups in total. The molecule has 0 aliphatic heterocycles. The summed E-state index contributed by atoms with van der Waals surface area (Å²) in [4.78, 5) is 35.8. The van der Waals surface area contributed by atoms with Crippen LogP contribution in [0.2, 0.25) is 0 Å². The van der Waals surface area contributed by atoms with Crippen molar-refractivity contribution in [2.45, 2.75) is 0 Å². The minimum atomic E-state index is -1.19. The van der Waals surface area contributed by atoms with Gasteiger partial charge in [0, 0.05) is 10.1 Å². The summed E-state index contributed by atoms with van der Waals surface area (Å²) in [6.45, 7) is -0.145. The first-order valence-corrected chi connectivity index (χ1v) is 9.77. The predicted octanol–water partition coefficient (Wildman–Crippen LogP) is 1.08. The minimum absolute atomic E-state index is 0.0425. The molecule has 1 aromatic carbocycles. The molecule has 0 aromatic heterocycles. The van der Waals surface area contributed by atoms with Crippen molar-refractivity contribution >= 4 is 91.2 Å². The van der Waals surface area contributed by atoms with Crippen LogP contribution in [0.4, 0.5) is 5.69 Å². The number of rotatable bonds is 7. The van der Waals surface area contributed by atoms with Crippen molar-refractivity contribution < 1.29 is 24.6 Å². The molecule has 8 nitrogen and oxygen atoms in total. The van der Waals surface area contributed by atoms with E-state index < -0.39 is 11.9 Å². The molecule has 1 aromatic rings. The third-order valence-electron chi connectivity index (χ3n) is 2.76. The summed E-state index contributed by atoms with van der Waals surface area (Å²) in [5.41, 5.74) is 0.385. The molecule has 0 aliphatic rings. The fraction of sp³-hybridized carbons (Fsp3) is 0.308. The second-order valence-electron chi connectivity index (χ2n) is 4.43. The van der Waals surface area contributed by atoms with Crippen molar-refractivity contribution in [1.29, 1.82) is 0 Å². The summed E-state index contributed by atoms with van der Waals surface area (Å²) in [6, 6.07) is 0. The standard InChI is InChI=1S/C13H14I3N3O5/c1-17-4-5(21)19-11-9(15)6(12(22)18-2-3-20)8(14)7(10(11)16)13(23)24/h17,20H,2-4H2,1H3,(H,18,22)(H,19,21)(H,23,24). The number of aliphatic hydroxyl groups is 1. The summed E-state index contributed by atoms with van der Waals surface area (Å²) >= 11 is 5.54. The Morgan fingerprint density at radius 2 is 1.62 bits per heavy atom. The summed E-state index contributed by atoms with van der Waals surface area (Å²) in [7, 11) is 1.61. The summed E-state index contributed by atoms with van der Waals surface area (Å²) in [5, 5.41) is 26.2. The van der Waals surface area contributed by atoms with Crippen LogP contribution in [0.25, 0.3) is 0 Å². The summed E-state index contributed by atoms with van der Waals surface area (Å²) in [5.74, 6) is -2.06. The number of halogens is 3. The molecule has 0 spiro atoms. The van der Waals surface area contributed by atoms with E-state index in [1.54, 1.807) is 29.6 Å². The zero-order chi connectivity index (χ0) is 18.4. The van der Waals surface area contributed by atoms with Crippen LogP contribution in [0.15, 0.2) is 0 Å². The normalized spacial score (nSPS) is 10.4. The van der Waals surface area contributed by atoms with Gasteiger partial charge in [0.2, 0.25) is 5.91 Å². The number of benzene rings is 1. The zero-order valence-corrected chi connectivity index (χ0v) is 18.8. The van der Waals surface area contributed by atoms with E-state index in [9.17, 15) is 19.5 Å². The van der Waals surface area contributed by atoms with Gasteiger partial charge in [0.15, 0.2) is 0 Å². The Kier molecular flexibility index (Phi) is 9.10. The van der Waals surface area contributed by atoms with Gasteiger partial charge >= 0.3 is 5.97 Å². The van der Waals surface area contributed by atoms with Crippen molar-refractivity contribution in [3.05, 3.63) is 21.8 Å². The molecule has 0 fully saturated rings. The van der Waals surface area contributed by atoms with Crippen molar-refractivity contribution in [3.8, 4) is 0 Å². The Bertz CT molecular complexity index is 682. The smallest absolute Gasteiger partial charge is 0.337 e. The van der Waals surface area contributed by atoms with Gasteiger partial charge in [-0.3, -0.25) is 9.59 Å². The largest absolute Gasteiger partial charge is 0.478 e. The number of aliphatic hydroxyl groups excluding tert-OH is 1. The average molecular weight is 673 g/mol. The molecular formula is C13H14I3N3O5. The first-order chi connectivity index (χ1) is 11.3. The van der Waals surface area contributed by atoms with E-state index in [0.717, 1.165) is 0 Å². The lowest BCUT2D eigenvalue weighted by Gasteiger charge is -2.18. The number of hydrogen-bond donors (Lipinski definition) is 5. The first-order valence-electron chi connectivity index (χ1n) is 6.53. The van der Waals surface area contributed by atoms with Gasteiger partial charge in [-0.05, 0) is 74.8 Å². The zero-order valence-electron chi connectivity index (χ0n) is 12.4.